The van der Waals surface area contributed by atoms with Crippen LogP contribution in [0.2, 0.25) is 0 Å². The van der Waals surface area contributed by atoms with E-state index in [0.717, 1.165) is 22.6 Å². The van der Waals surface area contributed by atoms with Gasteiger partial charge in [0.25, 0.3) is 5.91 Å². The van der Waals surface area contributed by atoms with Crippen LogP contribution in [0, 0.1) is 5.92 Å². The van der Waals surface area contributed by atoms with Crippen molar-refractivity contribution in [2.24, 2.45) is 5.92 Å². The predicted octanol–water partition coefficient (Wildman–Crippen LogP) is 3.05. The first-order chi connectivity index (χ1) is 17.7. The van der Waals surface area contributed by atoms with Crippen LogP contribution in [-0.2, 0) is 29.2 Å². The Hall–Kier alpha value is -3.85. The number of benzene rings is 2. The fourth-order valence-corrected chi connectivity index (χ4v) is 5.05. The zero-order valence-electron chi connectivity index (χ0n) is 19.9. The quantitative estimate of drug-likeness (QED) is 0.593. The molecule has 0 spiro atoms. The molecule has 9 heteroatoms. The van der Waals surface area contributed by atoms with Gasteiger partial charge < -0.3 is 29.0 Å². The third-order valence-corrected chi connectivity index (χ3v) is 7.16. The Morgan fingerprint density at radius 1 is 1.03 bits per heavy atom. The number of piperidine rings is 1. The van der Waals surface area contributed by atoms with Gasteiger partial charge in [-0.2, -0.15) is 0 Å². The molecule has 2 amide bonds. The molecule has 0 saturated carbocycles. The number of likely N-dealkylation sites (tertiary alicyclic amines) is 1. The SMILES string of the molecule is O=C(NCc1ccc2c(c1)OCO2)C1CCN(C(=O)c2ncn3c2CO[C@@H](c2ccccc2)C3)CC1. The van der Waals surface area contributed by atoms with E-state index >= 15 is 0 Å². The summed E-state index contributed by atoms with van der Waals surface area (Å²) in [5.41, 5.74) is 3.34. The van der Waals surface area contributed by atoms with Gasteiger partial charge in [-0.05, 0) is 36.1 Å². The highest BCUT2D eigenvalue weighted by atomic mass is 16.7. The number of carbonyl (C=O) groups excluding carboxylic acids is 2. The molecule has 186 valence electrons. The fourth-order valence-electron chi connectivity index (χ4n) is 5.05. The number of ether oxygens (including phenoxy) is 3. The first-order valence-electron chi connectivity index (χ1n) is 12.3. The van der Waals surface area contributed by atoms with E-state index in [1.807, 2.05) is 53.1 Å². The molecule has 1 fully saturated rings. The number of nitrogens with one attached hydrogen (secondary N) is 1. The third-order valence-electron chi connectivity index (χ3n) is 7.16. The molecule has 4 heterocycles. The Morgan fingerprint density at radius 3 is 2.67 bits per heavy atom. The molecule has 3 aromatic rings. The Kier molecular flexibility index (Phi) is 6.06. The number of aromatic nitrogens is 2. The zero-order valence-corrected chi connectivity index (χ0v) is 19.9. The number of fused-ring (bicyclic) bond motifs is 2. The maximum absolute atomic E-state index is 13.2. The topological polar surface area (TPSA) is 94.9 Å². The summed E-state index contributed by atoms with van der Waals surface area (Å²) in [5, 5.41) is 3.02. The molecule has 9 nitrogen and oxygen atoms in total. The van der Waals surface area contributed by atoms with Crippen molar-refractivity contribution in [1.82, 2.24) is 19.8 Å². The number of amides is 2. The van der Waals surface area contributed by atoms with Crippen LogP contribution in [0.5, 0.6) is 11.5 Å². The van der Waals surface area contributed by atoms with Gasteiger partial charge in [-0.3, -0.25) is 9.59 Å². The Labute approximate surface area is 209 Å². The maximum atomic E-state index is 13.2. The van der Waals surface area contributed by atoms with Crippen molar-refractivity contribution >= 4 is 11.8 Å². The van der Waals surface area contributed by atoms with Crippen molar-refractivity contribution in [1.29, 1.82) is 0 Å². The number of hydrogen-bond acceptors (Lipinski definition) is 6. The van der Waals surface area contributed by atoms with Crippen LogP contribution in [0.4, 0.5) is 0 Å². The van der Waals surface area contributed by atoms with Crippen molar-refractivity contribution in [2.75, 3.05) is 19.9 Å². The van der Waals surface area contributed by atoms with E-state index in [9.17, 15) is 9.59 Å². The monoisotopic (exact) mass is 488 g/mol. The van der Waals surface area contributed by atoms with Crippen molar-refractivity contribution < 1.29 is 23.8 Å². The van der Waals surface area contributed by atoms with E-state index in [1.54, 1.807) is 11.2 Å². The molecule has 3 aliphatic rings. The number of hydrogen-bond donors (Lipinski definition) is 1. The van der Waals surface area contributed by atoms with E-state index in [1.165, 1.54) is 0 Å². The molecule has 3 aliphatic heterocycles. The van der Waals surface area contributed by atoms with Crippen LogP contribution in [0.1, 0.15) is 46.3 Å². The average Bonchev–Trinajstić information content (AvgIpc) is 3.58. The van der Waals surface area contributed by atoms with E-state index < -0.39 is 0 Å². The molecular weight excluding hydrogens is 460 g/mol. The summed E-state index contributed by atoms with van der Waals surface area (Å²) < 4.78 is 18.8. The predicted molar refractivity (Wildman–Crippen MR) is 129 cm³/mol. The number of rotatable bonds is 5. The lowest BCUT2D eigenvalue weighted by molar-refractivity contribution is -0.126. The summed E-state index contributed by atoms with van der Waals surface area (Å²) in [6.45, 7) is 2.69. The lowest BCUT2D eigenvalue weighted by atomic mass is 9.95. The molecule has 1 saturated heterocycles. The highest BCUT2D eigenvalue weighted by molar-refractivity contribution is 5.93. The summed E-state index contributed by atoms with van der Waals surface area (Å²) in [4.78, 5) is 32.2. The molecule has 2 aromatic carbocycles. The molecular formula is C27H28N4O5. The highest BCUT2D eigenvalue weighted by Gasteiger charge is 2.32. The number of imidazole rings is 1. The second kappa shape index (κ2) is 9.66. The molecule has 0 aliphatic carbocycles. The molecule has 1 atom stereocenters. The lowest BCUT2D eigenvalue weighted by Gasteiger charge is -2.31. The Balaban J connectivity index is 1.02. The Morgan fingerprint density at radius 2 is 1.83 bits per heavy atom. The van der Waals surface area contributed by atoms with Gasteiger partial charge in [-0.15, -0.1) is 0 Å². The fraction of sp³-hybridized carbons (Fsp3) is 0.370. The first kappa shape index (κ1) is 22.6. The van der Waals surface area contributed by atoms with E-state index in [2.05, 4.69) is 10.3 Å². The van der Waals surface area contributed by atoms with Crippen molar-refractivity contribution in [3.8, 4) is 11.5 Å². The molecule has 0 bridgehead atoms. The average molecular weight is 489 g/mol. The van der Waals surface area contributed by atoms with Gasteiger partial charge in [-0.25, -0.2) is 4.98 Å². The van der Waals surface area contributed by atoms with Gasteiger partial charge in [0.15, 0.2) is 17.2 Å². The minimum absolute atomic E-state index is 0.0134. The van der Waals surface area contributed by atoms with E-state index in [4.69, 9.17) is 14.2 Å². The van der Waals surface area contributed by atoms with Gasteiger partial charge >= 0.3 is 0 Å². The summed E-state index contributed by atoms with van der Waals surface area (Å²) in [7, 11) is 0. The summed E-state index contributed by atoms with van der Waals surface area (Å²) in [6.07, 6.45) is 2.93. The van der Waals surface area contributed by atoms with Gasteiger partial charge in [-0.1, -0.05) is 36.4 Å². The smallest absolute Gasteiger partial charge is 0.274 e. The third kappa shape index (κ3) is 4.42. The van der Waals surface area contributed by atoms with Crippen LogP contribution in [0.15, 0.2) is 54.9 Å². The van der Waals surface area contributed by atoms with Gasteiger partial charge in [0.05, 0.1) is 25.2 Å². The largest absolute Gasteiger partial charge is 0.454 e. The van der Waals surface area contributed by atoms with E-state index in [0.29, 0.717) is 57.1 Å². The van der Waals surface area contributed by atoms with Crippen molar-refractivity contribution in [3.05, 3.63) is 77.4 Å². The van der Waals surface area contributed by atoms with Gasteiger partial charge in [0.1, 0.15) is 6.10 Å². The Bertz CT molecular complexity index is 1270. The maximum Gasteiger partial charge on any atom is 0.274 e. The second-order valence-corrected chi connectivity index (χ2v) is 9.37. The van der Waals surface area contributed by atoms with Gasteiger partial charge in [0, 0.05) is 25.6 Å². The summed E-state index contributed by atoms with van der Waals surface area (Å²) >= 11 is 0. The molecule has 0 radical (unpaired) electrons. The molecule has 0 unspecified atom stereocenters. The number of carbonyl (C=O) groups is 2. The second-order valence-electron chi connectivity index (χ2n) is 9.37. The summed E-state index contributed by atoms with van der Waals surface area (Å²) in [6, 6.07) is 15.7. The van der Waals surface area contributed by atoms with Crippen LogP contribution < -0.4 is 14.8 Å². The highest BCUT2D eigenvalue weighted by Crippen LogP contribution is 2.32. The molecule has 36 heavy (non-hydrogen) atoms. The zero-order chi connectivity index (χ0) is 24.5. The van der Waals surface area contributed by atoms with Crippen molar-refractivity contribution in [2.45, 2.75) is 38.6 Å². The minimum Gasteiger partial charge on any atom is -0.454 e. The number of nitrogens with zero attached hydrogens (tertiary/aromatic N) is 3. The normalized spacial score (nSPS) is 19.1. The molecule has 6 rings (SSSR count). The van der Waals surface area contributed by atoms with Crippen LogP contribution in [-0.4, -0.2) is 46.1 Å². The molecule has 1 aromatic heterocycles. The van der Waals surface area contributed by atoms with Gasteiger partial charge in [0.2, 0.25) is 12.7 Å². The summed E-state index contributed by atoms with van der Waals surface area (Å²) in [5.74, 6) is 1.23. The van der Waals surface area contributed by atoms with Crippen LogP contribution >= 0.6 is 0 Å². The molecule has 1 N–H and O–H groups in total. The van der Waals surface area contributed by atoms with E-state index in [-0.39, 0.29) is 30.6 Å². The standard InChI is InChI=1S/C27H28N4O5/c32-26(28-13-18-6-7-22-23(12-18)36-17-35-22)20-8-10-30(11-9-20)27(33)25-21-15-34-24(14-31(21)16-29-25)19-4-2-1-3-5-19/h1-7,12,16,20,24H,8-11,13-15,17H2,(H,28,32)/t24-/m1/s1. The van der Waals surface area contributed by atoms with Crippen molar-refractivity contribution in [3.63, 3.8) is 0 Å². The van der Waals surface area contributed by atoms with Crippen LogP contribution in [0.3, 0.4) is 0 Å². The lowest BCUT2D eigenvalue weighted by Crippen LogP contribution is -2.43. The minimum atomic E-state index is -0.117. The first-order valence-corrected chi connectivity index (χ1v) is 12.3. The van der Waals surface area contributed by atoms with Crippen LogP contribution in [0.25, 0.3) is 0 Å².